The van der Waals surface area contributed by atoms with Crippen molar-refractivity contribution in [1.29, 1.82) is 0 Å². The maximum atomic E-state index is 13.9. The fraction of sp³-hybridized carbons (Fsp3) is 0.414. The summed E-state index contributed by atoms with van der Waals surface area (Å²) >= 11 is 0. The summed E-state index contributed by atoms with van der Waals surface area (Å²) in [6, 6.07) is 14.9. The molecule has 2 rings (SSSR count). The first-order valence-corrected chi connectivity index (χ1v) is 12.0. The summed E-state index contributed by atoms with van der Waals surface area (Å²) < 4.78 is 5.39. The SMILES string of the molecule is C#CN(C(=O)C(Cc1ccccc1)NC(=O)OC(C)(C)C)C(C(=O)NC(C)C)c1ccc(C)c(C)c1. The van der Waals surface area contributed by atoms with E-state index in [0.29, 0.717) is 5.56 Å². The summed E-state index contributed by atoms with van der Waals surface area (Å²) in [7, 11) is 0. The van der Waals surface area contributed by atoms with Gasteiger partial charge >= 0.3 is 6.09 Å². The zero-order valence-electron chi connectivity index (χ0n) is 22.2. The second kappa shape index (κ2) is 12.3. The summed E-state index contributed by atoms with van der Waals surface area (Å²) in [5, 5.41) is 5.53. The molecule has 0 aliphatic carbocycles. The number of ether oxygens (including phenoxy) is 1. The van der Waals surface area contributed by atoms with Gasteiger partial charge in [-0.3, -0.25) is 14.5 Å². The number of terminal acetylenes is 1. The highest BCUT2D eigenvalue weighted by atomic mass is 16.6. The molecule has 0 heterocycles. The zero-order valence-corrected chi connectivity index (χ0v) is 22.2. The number of alkyl carbamates (subject to hydrolysis) is 1. The summed E-state index contributed by atoms with van der Waals surface area (Å²) in [5.41, 5.74) is 2.66. The molecule has 7 nitrogen and oxygen atoms in total. The first-order chi connectivity index (χ1) is 16.8. The Balaban J connectivity index is 2.50. The van der Waals surface area contributed by atoms with Crippen molar-refractivity contribution in [2.24, 2.45) is 0 Å². The molecule has 0 radical (unpaired) electrons. The number of aryl methyl sites for hydroxylation is 2. The second-order valence-electron chi connectivity index (χ2n) is 10.1. The van der Waals surface area contributed by atoms with E-state index in [2.05, 4.69) is 16.7 Å². The fourth-order valence-electron chi connectivity index (χ4n) is 3.65. The highest BCUT2D eigenvalue weighted by Crippen LogP contribution is 2.25. The van der Waals surface area contributed by atoms with Crippen LogP contribution in [0.4, 0.5) is 4.79 Å². The molecule has 0 spiro atoms. The van der Waals surface area contributed by atoms with Crippen LogP contribution < -0.4 is 10.6 Å². The Morgan fingerprint density at radius 2 is 1.64 bits per heavy atom. The average molecular weight is 492 g/mol. The molecule has 0 saturated carbocycles. The van der Waals surface area contributed by atoms with Crippen LogP contribution in [0.15, 0.2) is 48.5 Å². The Morgan fingerprint density at radius 1 is 1.00 bits per heavy atom. The largest absolute Gasteiger partial charge is 0.444 e. The van der Waals surface area contributed by atoms with Gasteiger partial charge in [-0.15, -0.1) is 0 Å². The predicted octanol–water partition coefficient (Wildman–Crippen LogP) is 4.42. The molecular formula is C29H37N3O4. The Labute approximate surface area is 214 Å². The van der Waals surface area contributed by atoms with Gasteiger partial charge in [0.05, 0.1) is 0 Å². The van der Waals surface area contributed by atoms with Gasteiger partial charge in [-0.05, 0) is 70.7 Å². The van der Waals surface area contributed by atoms with Gasteiger partial charge in [0.25, 0.3) is 5.91 Å². The number of nitrogens with zero attached hydrogens (tertiary/aromatic N) is 1. The van der Waals surface area contributed by atoms with E-state index >= 15 is 0 Å². The third kappa shape index (κ3) is 8.16. The van der Waals surface area contributed by atoms with Crippen molar-refractivity contribution in [3.63, 3.8) is 0 Å². The molecule has 0 saturated heterocycles. The van der Waals surface area contributed by atoms with Crippen molar-refractivity contribution in [1.82, 2.24) is 15.5 Å². The van der Waals surface area contributed by atoms with Crippen LogP contribution in [0.5, 0.6) is 0 Å². The summed E-state index contributed by atoms with van der Waals surface area (Å²) in [5.74, 6) is -0.996. The molecular weight excluding hydrogens is 454 g/mol. The Kier molecular flexibility index (Phi) is 9.68. The molecule has 0 fully saturated rings. The Morgan fingerprint density at radius 3 is 2.17 bits per heavy atom. The van der Waals surface area contributed by atoms with E-state index in [-0.39, 0.29) is 12.5 Å². The second-order valence-corrected chi connectivity index (χ2v) is 10.1. The lowest BCUT2D eigenvalue weighted by Crippen LogP contribution is -2.52. The quantitative estimate of drug-likeness (QED) is 0.423. The lowest BCUT2D eigenvalue weighted by molar-refractivity contribution is -0.138. The van der Waals surface area contributed by atoms with Crippen LogP contribution >= 0.6 is 0 Å². The van der Waals surface area contributed by atoms with E-state index in [1.54, 1.807) is 26.8 Å². The number of hydrogen-bond acceptors (Lipinski definition) is 4. The summed E-state index contributed by atoms with van der Waals surface area (Å²) in [6.07, 6.45) is 5.27. The summed E-state index contributed by atoms with van der Waals surface area (Å²) in [6.45, 7) is 12.8. The van der Waals surface area contributed by atoms with Crippen LogP contribution in [0.1, 0.15) is 62.9 Å². The molecule has 2 atom stereocenters. The van der Waals surface area contributed by atoms with Crippen molar-refractivity contribution >= 4 is 17.9 Å². The highest BCUT2D eigenvalue weighted by Gasteiger charge is 2.36. The molecule has 36 heavy (non-hydrogen) atoms. The first-order valence-electron chi connectivity index (χ1n) is 12.0. The lowest BCUT2D eigenvalue weighted by atomic mass is 9.97. The van der Waals surface area contributed by atoms with Crippen LogP contribution in [0.3, 0.4) is 0 Å². The molecule has 3 amide bonds. The van der Waals surface area contributed by atoms with E-state index in [0.717, 1.165) is 21.6 Å². The first kappa shape index (κ1) is 28.4. The third-order valence-corrected chi connectivity index (χ3v) is 5.43. The minimum Gasteiger partial charge on any atom is -0.444 e. The number of carbonyl (C=O) groups excluding carboxylic acids is 3. The van der Waals surface area contributed by atoms with Crippen molar-refractivity contribution in [3.05, 3.63) is 70.8 Å². The Hall–Kier alpha value is -3.79. The Bertz CT molecular complexity index is 1110. The molecule has 192 valence electrons. The van der Waals surface area contributed by atoms with Gasteiger partial charge in [0.15, 0.2) is 0 Å². The number of amides is 3. The number of carbonyl (C=O) groups is 3. The monoisotopic (exact) mass is 491 g/mol. The molecule has 0 bridgehead atoms. The van der Waals surface area contributed by atoms with Crippen molar-refractivity contribution in [2.45, 2.75) is 78.6 Å². The van der Waals surface area contributed by atoms with Crippen molar-refractivity contribution in [3.8, 4) is 12.5 Å². The molecule has 2 aromatic carbocycles. The highest BCUT2D eigenvalue weighted by molar-refractivity contribution is 5.93. The van der Waals surface area contributed by atoms with Gasteiger partial charge in [-0.25, -0.2) is 4.79 Å². The minimum atomic E-state index is -1.08. The number of rotatable bonds is 8. The number of benzene rings is 2. The van der Waals surface area contributed by atoms with Crippen LogP contribution in [0.25, 0.3) is 0 Å². The fourth-order valence-corrected chi connectivity index (χ4v) is 3.65. The third-order valence-electron chi connectivity index (χ3n) is 5.43. The molecule has 0 aliphatic heterocycles. The molecule has 2 unspecified atom stereocenters. The predicted molar refractivity (Wildman–Crippen MR) is 141 cm³/mol. The molecule has 0 aliphatic rings. The van der Waals surface area contributed by atoms with Gasteiger partial charge < -0.3 is 15.4 Å². The summed E-state index contributed by atoms with van der Waals surface area (Å²) in [4.78, 5) is 40.9. The van der Waals surface area contributed by atoms with Crippen molar-refractivity contribution < 1.29 is 19.1 Å². The maximum absolute atomic E-state index is 13.9. The van der Waals surface area contributed by atoms with E-state index in [9.17, 15) is 14.4 Å². The standard InChI is InChI=1S/C29H37N3O4/c1-9-32(25(26(33)30-19(2)3)23-16-15-20(4)21(5)17-23)27(34)24(18-22-13-11-10-12-14-22)31-28(35)36-29(6,7)8/h1,10-17,19,24-25H,18H2,2-8H3,(H,30,33)(H,31,35). The molecule has 0 aromatic heterocycles. The van der Waals surface area contributed by atoms with Gasteiger partial charge in [0, 0.05) is 18.5 Å². The molecule has 2 aromatic rings. The van der Waals surface area contributed by atoms with E-state index in [4.69, 9.17) is 11.2 Å². The van der Waals surface area contributed by atoms with Crippen molar-refractivity contribution in [2.75, 3.05) is 0 Å². The minimum absolute atomic E-state index is 0.165. The van der Waals surface area contributed by atoms with Crippen LogP contribution in [-0.4, -0.2) is 40.5 Å². The van der Waals surface area contributed by atoms with Crippen LogP contribution in [0, 0.1) is 26.3 Å². The van der Waals surface area contributed by atoms with Crippen LogP contribution in [0.2, 0.25) is 0 Å². The van der Waals surface area contributed by atoms with Gasteiger partial charge in [-0.1, -0.05) is 55.0 Å². The van der Waals surface area contributed by atoms with Crippen LogP contribution in [-0.2, 0) is 20.7 Å². The van der Waals surface area contributed by atoms with E-state index in [1.807, 2.05) is 70.2 Å². The average Bonchev–Trinajstić information content (AvgIpc) is 2.77. The van der Waals surface area contributed by atoms with E-state index in [1.165, 1.54) is 0 Å². The lowest BCUT2D eigenvalue weighted by Gasteiger charge is -2.31. The smallest absolute Gasteiger partial charge is 0.408 e. The molecule has 7 heteroatoms. The normalized spacial score (nSPS) is 12.8. The van der Waals surface area contributed by atoms with Gasteiger partial charge in [0.2, 0.25) is 5.91 Å². The number of nitrogens with one attached hydrogen (secondary N) is 2. The molecule has 2 N–H and O–H groups in total. The topological polar surface area (TPSA) is 87.7 Å². The zero-order chi connectivity index (χ0) is 27.0. The van der Waals surface area contributed by atoms with Gasteiger partial charge in [-0.2, -0.15) is 0 Å². The van der Waals surface area contributed by atoms with Gasteiger partial charge in [0.1, 0.15) is 17.7 Å². The maximum Gasteiger partial charge on any atom is 0.408 e. The number of hydrogen-bond donors (Lipinski definition) is 2. The van der Waals surface area contributed by atoms with E-state index < -0.39 is 35.6 Å².